The normalized spacial score (nSPS) is 24.1. The van der Waals surface area contributed by atoms with E-state index < -0.39 is 81.6 Å². The smallest absolute Gasteiger partial charge is 0.387 e. The summed E-state index contributed by atoms with van der Waals surface area (Å²) in [4.78, 5) is 7.92. The van der Waals surface area contributed by atoms with Crippen molar-refractivity contribution in [2.75, 3.05) is 44.5 Å². The number of aliphatic hydroxyl groups is 4. The lowest BCUT2D eigenvalue weighted by molar-refractivity contribution is -0.0802. The van der Waals surface area contributed by atoms with Gasteiger partial charge in [0.1, 0.15) is 78.6 Å². The second-order valence-electron chi connectivity index (χ2n) is 19.7. The Morgan fingerprint density at radius 2 is 1.09 bits per heavy atom. The third-order valence-corrected chi connectivity index (χ3v) is 15.6. The van der Waals surface area contributed by atoms with E-state index in [9.17, 15) is 35.5 Å². The predicted octanol–water partition coefficient (Wildman–Crippen LogP) is 6.73. The van der Waals surface area contributed by atoms with E-state index >= 15 is 0 Å². The standard InChI is InChI=1S/C53H75N10O12P/c1-2-3-4-5-6-7-8-9-10-11-12-13-14-15-16-17-21-28-69-30-39(70-29-38-22-19-18-20-23-38)31-71-76(68,72-32-42-46(64)48(66)52(34-54,74-42)44-26-24-40-50(56)58-36-60-62(40)44)73-33-43-47(65)49(67)53(35-55,75-43)45-27-25-41-51(57)59-37-61-63(41)45/h18-20,22-27,36-37,39,42-43,46-49,64-67H,2-17,21,28-33H2,1H3,(H2,56,58,60)(H2,57,59,61)/t39-,42-,43-,46-,47-,48-,49-,52+,53+/m1/s1. The summed E-state index contributed by atoms with van der Waals surface area (Å²) >= 11 is 0. The molecule has 2 aliphatic heterocycles. The van der Waals surface area contributed by atoms with Crippen molar-refractivity contribution in [1.82, 2.24) is 29.2 Å². The second-order valence-corrected chi connectivity index (χ2v) is 21.4. The van der Waals surface area contributed by atoms with Crippen molar-refractivity contribution < 1.29 is 57.5 Å². The molecule has 0 spiro atoms. The molecule has 414 valence electrons. The number of nitrogens with zero attached hydrogens (tertiary/aromatic N) is 8. The minimum atomic E-state index is -4.89. The van der Waals surface area contributed by atoms with Gasteiger partial charge in [0.15, 0.2) is 11.6 Å². The van der Waals surface area contributed by atoms with E-state index in [0.29, 0.717) is 17.6 Å². The number of nitriles is 2. The van der Waals surface area contributed by atoms with Crippen LogP contribution in [0, 0.1) is 22.7 Å². The maximum absolute atomic E-state index is 14.9. The van der Waals surface area contributed by atoms with E-state index in [2.05, 4.69) is 27.1 Å². The largest absolute Gasteiger partial charge is 0.475 e. The number of ether oxygens (including phenoxy) is 4. The molecule has 6 heterocycles. The lowest BCUT2D eigenvalue weighted by Crippen LogP contribution is -2.41. The van der Waals surface area contributed by atoms with Crippen LogP contribution in [-0.4, -0.2) is 125 Å². The summed E-state index contributed by atoms with van der Waals surface area (Å²) < 4.78 is 59.5. The van der Waals surface area contributed by atoms with Crippen LogP contribution in [0.4, 0.5) is 11.6 Å². The second kappa shape index (κ2) is 28.5. The number of rotatable bonds is 34. The molecule has 0 unspecified atom stereocenters. The molecule has 22 nitrogen and oxygen atoms in total. The van der Waals surface area contributed by atoms with Gasteiger partial charge < -0.3 is 50.8 Å². The monoisotopic (exact) mass is 1070 g/mol. The molecule has 2 aliphatic rings. The molecule has 0 saturated carbocycles. The van der Waals surface area contributed by atoms with Crippen molar-refractivity contribution in [1.29, 1.82) is 10.5 Å². The number of phosphoric acid groups is 1. The van der Waals surface area contributed by atoms with Crippen LogP contribution < -0.4 is 11.5 Å². The molecule has 2 saturated heterocycles. The van der Waals surface area contributed by atoms with E-state index in [0.717, 1.165) is 37.5 Å². The number of aliphatic hydroxyl groups excluding tert-OH is 4. The highest BCUT2D eigenvalue weighted by atomic mass is 31.2. The summed E-state index contributed by atoms with van der Waals surface area (Å²) in [5.41, 5.74) is 9.12. The van der Waals surface area contributed by atoms with Crippen molar-refractivity contribution in [2.45, 2.75) is 177 Å². The molecule has 9 atom stereocenters. The lowest BCUT2D eigenvalue weighted by atomic mass is 9.92. The van der Waals surface area contributed by atoms with Crippen LogP contribution in [0.25, 0.3) is 11.0 Å². The van der Waals surface area contributed by atoms with Gasteiger partial charge in [0.25, 0.3) is 0 Å². The van der Waals surface area contributed by atoms with Crippen LogP contribution in [0.5, 0.6) is 0 Å². The van der Waals surface area contributed by atoms with Gasteiger partial charge in [-0.2, -0.15) is 20.7 Å². The average molecular weight is 1080 g/mol. The minimum Gasteiger partial charge on any atom is -0.387 e. The zero-order chi connectivity index (χ0) is 54.0. The van der Waals surface area contributed by atoms with Gasteiger partial charge >= 0.3 is 7.82 Å². The first-order valence-corrected chi connectivity index (χ1v) is 28.2. The van der Waals surface area contributed by atoms with Crippen molar-refractivity contribution >= 4 is 30.5 Å². The van der Waals surface area contributed by atoms with Crippen molar-refractivity contribution in [3.63, 3.8) is 0 Å². The molecular weight excluding hydrogens is 1000 g/mol. The molecule has 0 aliphatic carbocycles. The number of nitrogen functional groups attached to an aromatic ring is 2. The van der Waals surface area contributed by atoms with E-state index in [-0.39, 0.29) is 36.2 Å². The molecule has 0 amide bonds. The Bertz CT molecular complexity index is 2570. The van der Waals surface area contributed by atoms with Gasteiger partial charge in [-0.3, -0.25) is 13.6 Å². The Hall–Kier alpha value is -5.17. The molecule has 8 N–H and O–H groups in total. The Morgan fingerprint density at radius 3 is 1.54 bits per heavy atom. The van der Waals surface area contributed by atoms with Crippen molar-refractivity contribution in [3.8, 4) is 12.1 Å². The molecular formula is C53H75N10O12P. The highest BCUT2D eigenvalue weighted by molar-refractivity contribution is 7.48. The van der Waals surface area contributed by atoms with Gasteiger partial charge in [-0.05, 0) is 36.2 Å². The third-order valence-electron chi connectivity index (χ3n) is 14.2. The first-order valence-electron chi connectivity index (χ1n) is 26.7. The number of hydrogen-bond acceptors (Lipinski definition) is 20. The Kier molecular flexibility index (Phi) is 21.9. The molecule has 4 aromatic heterocycles. The first kappa shape index (κ1) is 58.5. The highest BCUT2D eigenvalue weighted by Crippen LogP contribution is 2.52. The zero-order valence-electron chi connectivity index (χ0n) is 43.4. The van der Waals surface area contributed by atoms with Crippen LogP contribution in [-0.2, 0) is 54.9 Å². The summed E-state index contributed by atoms with van der Waals surface area (Å²) in [6.07, 6.45) is 12.5. The van der Waals surface area contributed by atoms with Crippen LogP contribution in [0.2, 0.25) is 0 Å². The molecule has 1 aromatic carbocycles. The van der Waals surface area contributed by atoms with Gasteiger partial charge in [-0.15, -0.1) is 0 Å². The van der Waals surface area contributed by atoms with Crippen LogP contribution in [0.1, 0.15) is 133 Å². The molecule has 76 heavy (non-hydrogen) atoms. The number of nitrogens with two attached hydrogens (primary N) is 2. The number of hydrogen-bond donors (Lipinski definition) is 6. The third kappa shape index (κ3) is 14.3. The number of benzene rings is 1. The number of aromatic nitrogens is 6. The van der Waals surface area contributed by atoms with E-state index in [1.807, 2.05) is 42.5 Å². The molecule has 0 radical (unpaired) electrons. The van der Waals surface area contributed by atoms with Crippen LogP contribution in [0.3, 0.4) is 0 Å². The fraction of sp³-hybridized carbons (Fsp3) is 0.623. The molecule has 2 fully saturated rings. The van der Waals surface area contributed by atoms with Gasteiger partial charge in [0.2, 0.25) is 11.2 Å². The maximum atomic E-state index is 14.9. The fourth-order valence-corrected chi connectivity index (χ4v) is 11.0. The number of anilines is 2. The van der Waals surface area contributed by atoms with Gasteiger partial charge in [0, 0.05) is 6.61 Å². The summed E-state index contributed by atoms with van der Waals surface area (Å²) in [5.74, 6) is 0.168. The predicted molar refractivity (Wildman–Crippen MR) is 279 cm³/mol. The Morgan fingerprint density at radius 1 is 0.645 bits per heavy atom. The summed E-state index contributed by atoms with van der Waals surface area (Å²) in [7, 11) is -4.89. The van der Waals surface area contributed by atoms with Crippen LogP contribution in [0.15, 0.2) is 67.3 Å². The first-order chi connectivity index (χ1) is 36.9. The summed E-state index contributed by atoms with van der Waals surface area (Å²) in [6, 6.07) is 19.2. The lowest BCUT2D eigenvalue weighted by Gasteiger charge is -2.26. The van der Waals surface area contributed by atoms with Gasteiger partial charge in [0.05, 0.1) is 44.4 Å². The van der Waals surface area contributed by atoms with Crippen molar-refractivity contribution in [3.05, 3.63) is 84.2 Å². The molecule has 7 rings (SSSR count). The van der Waals surface area contributed by atoms with Crippen LogP contribution >= 0.6 is 7.82 Å². The summed E-state index contributed by atoms with van der Waals surface area (Å²) in [6.45, 7) is 0.904. The van der Waals surface area contributed by atoms with E-state index in [4.69, 9.17) is 44.0 Å². The Balaban J connectivity index is 0.978. The maximum Gasteiger partial charge on any atom is 0.475 e. The van der Waals surface area contributed by atoms with E-state index in [1.165, 1.54) is 123 Å². The Labute approximate surface area is 443 Å². The minimum absolute atomic E-state index is 0.0221. The average Bonchev–Trinajstić information content (AvgIpc) is 4.20. The SMILES string of the molecule is CCCCCCCCCCCCCCCCCCCOC[C@H](COP(=O)(OC[C@H]1O[C@@](C#N)(c2ccc3c(N)ncnn23)[C@H](O)[C@@H]1O)OC[C@H]1O[C@@](C#N)(c2ccc3c(N)ncnn23)[C@H](O)[C@@H]1O)OCc1ccccc1. The topological polar surface area (TPSA) is 323 Å². The quantitative estimate of drug-likeness (QED) is 0.0184. The fourth-order valence-electron chi connectivity index (χ4n) is 9.79. The number of phosphoric ester groups is 1. The summed E-state index contributed by atoms with van der Waals surface area (Å²) in [5, 5.41) is 74.9. The number of unbranched alkanes of at least 4 members (excludes halogenated alkanes) is 16. The van der Waals surface area contributed by atoms with Gasteiger partial charge in [-0.25, -0.2) is 23.6 Å². The van der Waals surface area contributed by atoms with Gasteiger partial charge in [-0.1, -0.05) is 140 Å². The highest BCUT2D eigenvalue weighted by Gasteiger charge is 2.59. The van der Waals surface area contributed by atoms with Crippen molar-refractivity contribution in [2.24, 2.45) is 0 Å². The van der Waals surface area contributed by atoms with E-state index in [1.54, 1.807) is 0 Å². The number of fused-ring (bicyclic) bond motifs is 2. The molecule has 5 aromatic rings. The molecule has 0 bridgehead atoms. The zero-order valence-corrected chi connectivity index (χ0v) is 44.3. The molecule has 23 heteroatoms.